The van der Waals surface area contributed by atoms with E-state index < -0.39 is 29.7 Å². The van der Waals surface area contributed by atoms with Crippen molar-refractivity contribution in [2.45, 2.75) is 31.3 Å². The number of aryl methyl sites for hydroxylation is 1. The standard InChI is InChI=1S/C11H15ClN2O5/c12-2-1-6-4-14(11(18)13-10(6)17)9-3-7(16)8(5-15)19-9/h4,7-9,15-16H,1-3,5H2,(H,13,17,18)/t7-,8+,9-/m0/s1. The summed E-state index contributed by atoms with van der Waals surface area (Å²) >= 11 is 5.58. The molecule has 0 amide bonds. The van der Waals surface area contributed by atoms with Crippen molar-refractivity contribution >= 4 is 11.6 Å². The van der Waals surface area contributed by atoms with E-state index in [-0.39, 0.29) is 18.9 Å². The van der Waals surface area contributed by atoms with E-state index in [0.29, 0.717) is 12.0 Å². The van der Waals surface area contributed by atoms with E-state index in [0.717, 1.165) is 0 Å². The van der Waals surface area contributed by atoms with E-state index in [1.807, 2.05) is 0 Å². The molecule has 2 heterocycles. The van der Waals surface area contributed by atoms with Crippen molar-refractivity contribution in [3.8, 4) is 0 Å². The molecule has 1 aromatic rings. The Bertz CT molecular complexity index is 555. The smallest absolute Gasteiger partial charge is 0.330 e. The van der Waals surface area contributed by atoms with Gasteiger partial charge < -0.3 is 14.9 Å². The largest absolute Gasteiger partial charge is 0.394 e. The minimum Gasteiger partial charge on any atom is -0.394 e. The molecule has 106 valence electrons. The molecule has 2 rings (SSSR count). The third-order valence-corrected chi connectivity index (χ3v) is 3.29. The summed E-state index contributed by atoms with van der Waals surface area (Å²) in [6.07, 6.45) is -0.371. The number of H-pyrrole nitrogens is 1. The highest BCUT2D eigenvalue weighted by Gasteiger charge is 2.35. The first-order valence-corrected chi connectivity index (χ1v) is 6.45. The monoisotopic (exact) mass is 290 g/mol. The fraction of sp³-hybridized carbons (Fsp3) is 0.636. The third kappa shape index (κ3) is 2.89. The van der Waals surface area contributed by atoms with Gasteiger partial charge in [-0.2, -0.15) is 0 Å². The number of halogens is 1. The number of aliphatic hydroxyl groups is 2. The summed E-state index contributed by atoms with van der Waals surface area (Å²) in [6.45, 7) is -0.329. The van der Waals surface area contributed by atoms with Gasteiger partial charge in [0.25, 0.3) is 5.56 Å². The van der Waals surface area contributed by atoms with Gasteiger partial charge in [-0.3, -0.25) is 14.3 Å². The van der Waals surface area contributed by atoms with Gasteiger partial charge in [0, 0.05) is 24.1 Å². The van der Waals surface area contributed by atoms with Crippen LogP contribution in [0.5, 0.6) is 0 Å². The number of ether oxygens (including phenoxy) is 1. The van der Waals surface area contributed by atoms with Gasteiger partial charge in [0.2, 0.25) is 0 Å². The SMILES string of the molecule is O=c1[nH]c(=O)n([C@@H]2C[C@H](O)[C@@H](CO)O2)cc1CCCl. The zero-order valence-electron chi connectivity index (χ0n) is 10.1. The van der Waals surface area contributed by atoms with Crippen LogP contribution < -0.4 is 11.2 Å². The maximum atomic E-state index is 11.7. The predicted octanol–water partition coefficient (Wildman–Crippen LogP) is -1.04. The van der Waals surface area contributed by atoms with E-state index in [4.69, 9.17) is 21.4 Å². The minimum atomic E-state index is -0.842. The maximum Gasteiger partial charge on any atom is 0.330 e. The van der Waals surface area contributed by atoms with Gasteiger partial charge in [0.05, 0.1) is 12.7 Å². The van der Waals surface area contributed by atoms with Crippen molar-refractivity contribution in [2.75, 3.05) is 12.5 Å². The summed E-state index contributed by atoms with van der Waals surface area (Å²) in [6, 6.07) is 0. The Balaban J connectivity index is 2.33. The number of rotatable bonds is 4. The molecule has 0 aliphatic carbocycles. The average molecular weight is 291 g/mol. The summed E-state index contributed by atoms with van der Waals surface area (Å²) in [4.78, 5) is 25.4. The van der Waals surface area contributed by atoms with Gasteiger partial charge in [0.15, 0.2) is 0 Å². The molecule has 1 aliphatic rings. The lowest BCUT2D eigenvalue weighted by Gasteiger charge is -2.15. The van der Waals surface area contributed by atoms with Crippen molar-refractivity contribution in [1.82, 2.24) is 9.55 Å². The number of hydrogen-bond donors (Lipinski definition) is 3. The molecule has 1 fully saturated rings. The highest BCUT2D eigenvalue weighted by atomic mass is 35.5. The highest BCUT2D eigenvalue weighted by molar-refractivity contribution is 6.17. The summed E-state index contributed by atoms with van der Waals surface area (Å²) in [7, 11) is 0. The number of nitrogens with one attached hydrogen (secondary N) is 1. The predicted molar refractivity (Wildman–Crippen MR) is 67.4 cm³/mol. The summed E-state index contributed by atoms with van der Waals surface area (Å²) in [5.41, 5.74) is -0.710. The Morgan fingerprint density at radius 2 is 2.26 bits per heavy atom. The van der Waals surface area contributed by atoms with E-state index >= 15 is 0 Å². The van der Waals surface area contributed by atoms with Crippen LogP contribution in [-0.4, -0.2) is 44.5 Å². The van der Waals surface area contributed by atoms with Gasteiger partial charge in [-0.05, 0) is 6.42 Å². The van der Waals surface area contributed by atoms with Crippen LogP contribution in [0.1, 0.15) is 18.2 Å². The van der Waals surface area contributed by atoms with Gasteiger partial charge in [-0.1, -0.05) is 0 Å². The van der Waals surface area contributed by atoms with Crippen molar-refractivity contribution in [1.29, 1.82) is 0 Å². The molecule has 3 atom stereocenters. The Hall–Kier alpha value is -1.15. The topological polar surface area (TPSA) is 105 Å². The van der Waals surface area contributed by atoms with Crippen LogP contribution in [0.4, 0.5) is 0 Å². The molecule has 1 aromatic heterocycles. The minimum absolute atomic E-state index is 0.178. The molecule has 0 saturated carbocycles. The molecular formula is C11H15ClN2O5. The Morgan fingerprint density at radius 3 is 2.84 bits per heavy atom. The van der Waals surface area contributed by atoms with Crippen LogP contribution in [0.25, 0.3) is 0 Å². The Labute approximate surface area is 113 Å². The molecule has 1 aliphatic heterocycles. The molecular weight excluding hydrogens is 276 g/mol. The molecule has 0 bridgehead atoms. The van der Waals surface area contributed by atoms with Gasteiger partial charge in [-0.15, -0.1) is 11.6 Å². The number of aliphatic hydroxyl groups excluding tert-OH is 2. The zero-order valence-corrected chi connectivity index (χ0v) is 10.8. The van der Waals surface area contributed by atoms with E-state index in [1.165, 1.54) is 10.8 Å². The van der Waals surface area contributed by atoms with Gasteiger partial charge in [0.1, 0.15) is 12.3 Å². The number of nitrogens with zero attached hydrogens (tertiary/aromatic N) is 1. The molecule has 8 heteroatoms. The summed E-state index contributed by atoms with van der Waals surface area (Å²) < 4.78 is 6.58. The Morgan fingerprint density at radius 1 is 1.53 bits per heavy atom. The normalized spacial score (nSPS) is 26.8. The molecule has 19 heavy (non-hydrogen) atoms. The van der Waals surface area contributed by atoms with Crippen molar-refractivity contribution < 1.29 is 14.9 Å². The fourth-order valence-corrected chi connectivity index (χ4v) is 2.27. The number of alkyl halides is 1. The van der Waals surface area contributed by atoms with E-state index in [9.17, 15) is 14.7 Å². The lowest BCUT2D eigenvalue weighted by atomic mass is 10.2. The molecule has 0 unspecified atom stereocenters. The summed E-state index contributed by atoms with van der Waals surface area (Å²) in [5, 5.41) is 18.7. The molecule has 7 nitrogen and oxygen atoms in total. The Kier molecular flexibility index (Phi) is 4.41. The average Bonchev–Trinajstić information content (AvgIpc) is 2.74. The van der Waals surface area contributed by atoms with Crippen LogP contribution in [0.3, 0.4) is 0 Å². The van der Waals surface area contributed by atoms with Crippen LogP contribution in [0, 0.1) is 0 Å². The second-order valence-electron chi connectivity index (χ2n) is 4.37. The number of aromatic nitrogens is 2. The first-order valence-electron chi connectivity index (χ1n) is 5.91. The van der Waals surface area contributed by atoms with E-state index in [1.54, 1.807) is 0 Å². The highest BCUT2D eigenvalue weighted by Crippen LogP contribution is 2.27. The maximum absolute atomic E-state index is 11.7. The van der Waals surface area contributed by atoms with Gasteiger partial charge in [-0.25, -0.2) is 4.79 Å². The number of aromatic amines is 1. The molecule has 0 radical (unpaired) electrons. The van der Waals surface area contributed by atoms with E-state index in [2.05, 4.69) is 4.98 Å². The number of hydrogen-bond acceptors (Lipinski definition) is 5. The molecule has 0 spiro atoms. The molecule has 1 saturated heterocycles. The summed E-state index contributed by atoms with van der Waals surface area (Å²) in [5.74, 6) is 0.259. The first kappa shape index (κ1) is 14.3. The quantitative estimate of drug-likeness (QED) is 0.614. The second-order valence-corrected chi connectivity index (χ2v) is 4.75. The van der Waals surface area contributed by atoms with Crippen LogP contribution >= 0.6 is 11.6 Å². The molecule has 0 aromatic carbocycles. The fourth-order valence-electron chi connectivity index (χ4n) is 2.07. The van der Waals surface area contributed by atoms with Crippen LogP contribution in [0.2, 0.25) is 0 Å². The molecule has 3 N–H and O–H groups in total. The van der Waals surface area contributed by atoms with Crippen LogP contribution in [-0.2, 0) is 11.2 Å². The first-order chi connectivity index (χ1) is 9.06. The van der Waals surface area contributed by atoms with Crippen LogP contribution in [0.15, 0.2) is 15.8 Å². The van der Waals surface area contributed by atoms with Gasteiger partial charge >= 0.3 is 5.69 Å². The third-order valence-electron chi connectivity index (χ3n) is 3.10. The van der Waals surface area contributed by atoms with Crippen molar-refractivity contribution in [3.05, 3.63) is 32.6 Å². The second kappa shape index (κ2) is 5.87. The zero-order chi connectivity index (χ0) is 14.0. The van der Waals surface area contributed by atoms with Crippen molar-refractivity contribution in [2.24, 2.45) is 0 Å². The lowest BCUT2D eigenvalue weighted by molar-refractivity contribution is -0.0459. The lowest BCUT2D eigenvalue weighted by Crippen LogP contribution is -2.34. The van der Waals surface area contributed by atoms with Crippen molar-refractivity contribution in [3.63, 3.8) is 0 Å².